The number of benzene rings is 1. The van der Waals surface area contributed by atoms with Crippen LogP contribution in [0.3, 0.4) is 0 Å². The SMILES string of the molecule is Cc1cc(F)cc(C(=O)NCCCC(C)(C)CO)c1[N+](=O)[O-]. The van der Waals surface area contributed by atoms with E-state index in [0.717, 1.165) is 12.1 Å². The Bertz CT molecular complexity index is 573. The summed E-state index contributed by atoms with van der Waals surface area (Å²) in [6, 6.07) is 1.90. The van der Waals surface area contributed by atoms with Gasteiger partial charge in [0.2, 0.25) is 0 Å². The van der Waals surface area contributed by atoms with Crippen molar-refractivity contribution in [3.05, 3.63) is 39.2 Å². The summed E-state index contributed by atoms with van der Waals surface area (Å²) in [5.41, 5.74) is -0.790. The van der Waals surface area contributed by atoms with Crippen LogP contribution in [0, 0.1) is 28.3 Å². The van der Waals surface area contributed by atoms with Gasteiger partial charge in [-0.15, -0.1) is 0 Å². The second-order valence-electron chi connectivity index (χ2n) is 6.06. The van der Waals surface area contributed by atoms with E-state index in [1.54, 1.807) is 0 Å². The summed E-state index contributed by atoms with van der Waals surface area (Å²) in [5, 5.41) is 22.7. The zero-order valence-corrected chi connectivity index (χ0v) is 13.0. The number of nitrogens with zero attached hydrogens (tertiary/aromatic N) is 1. The fourth-order valence-electron chi connectivity index (χ4n) is 2.09. The molecular weight excluding hydrogens is 291 g/mol. The summed E-state index contributed by atoms with van der Waals surface area (Å²) in [6.07, 6.45) is 1.30. The first-order chi connectivity index (χ1) is 10.2. The summed E-state index contributed by atoms with van der Waals surface area (Å²) >= 11 is 0. The highest BCUT2D eigenvalue weighted by Gasteiger charge is 2.24. The fourth-order valence-corrected chi connectivity index (χ4v) is 2.09. The Morgan fingerprint density at radius 2 is 2.09 bits per heavy atom. The third-order valence-corrected chi connectivity index (χ3v) is 3.44. The highest BCUT2D eigenvalue weighted by molar-refractivity contribution is 5.98. The van der Waals surface area contributed by atoms with Crippen LogP contribution in [-0.4, -0.2) is 29.1 Å². The first-order valence-corrected chi connectivity index (χ1v) is 7.01. The number of hydrogen-bond donors (Lipinski definition) is 2. The van der Waals surface area contributed by atoms with Crippen molar-refractivity contribution in [2.45, 2.75) is 33.6 Å². The van der Waals surface area contributed by atoms with Crippen LogP contribution in [0.15, 0.2) is 12.1 Å². The number of rotatable bonds is 7. The molecule has 1 aromatic carbocycles. The molecule has 0 bridgehead atoms. The molecule has 0 aliphatic carbocycles. The van der Waals surface area contributed by atoms with Crippen molar-refractivity contribution in [3.8, 4) is 0 Å². The number of carbonyl (C=O) groups is 1. The number of aliphatic hydroxyl groups is 1. The maximum absolute atomic E-state index is 13.4. The van der Waals surface area contributed by atoms with Crippen LogP contribution in [0.2, 0.25) is 0 Å². The molecule has 6 nitrogen and oxygen atoms in total. The topological polar surface area (TPSA) is 92.5 Å². The first-order valence-electron chi connectivity index (χ1n) is 7.01. The van der Waals surface area contributed by atoms with Gasteiger partial charge in [-0.25, -0.2) is 4.39 Å². The van der Waals surface area contributed by atoms with Gasteiger partial charge in [-0.05, 0) is 37.3 Å². The summed E-state index contributed by atoms with van der Waals surface area (Å²) < 4.78 is 13.4. The van der Waals surface area contributed by atoms with Crippen molar-refractivity contribution in [2.75, 3.05) is 13.2 Å². The Kier molecular flexibility index (Phi) is 5.99. The number of aliphatic hydroxyl groups excluding tert-OH is 1. The average molecular weight is 312 g/mol. The van der Waals surface area contributed by atoms with Crippen LogP contribution >= 0.6 is 0 Å². The Hall–Kier alpha value is -2.02. The lowest BCUT2D eigenvalue weighted by Crippen LogP contribution is -2.27. The Balaban J connectivity index is 2.76. The highest BCUT2D eigenvalue weighted by Crippen LogP contribution is 2.25. The normalized spacial score (nSPS) is 11.3. The van der Waals surface area contributed by atoms with E-state index in [0.29, 0.717) is 19.4 Å². The van der Waals surface area contributed by atoms with E-state index in [2.05, 4.69) is 5.32 Å². The van der Waals surface area contributed by atoms with Gasteiger partial charge < -0.3 is 10.4 Å². The molecule has 0 unspecified atom stereocenters. The van der Waals surface area contributed by atoms with Gasteiger partial charge in [-0.2, -0.15) is 0 Å². The molecule has 0 saturated carbocycles. The monoisotopic (exact) mass is 312 g/mol. The zero-order chi connectivity index (χ0) is 16.9. The molecule has 1 aromatic rings. The van der Waals surface area contributed by atoms with Crippen molar-refractivity contribution in [3.63, 3.8) is 0 Å². The van der Waals surface area contributed by atoms with Crippen LogP contribution < -0.4 is 5.32 Å². The number of hydrogen-bond acceptors (Lipinski definition) is 4. The predicted octanol–water partition coefficient (Wildman–Crippen LogP) is 2.57. The van der Waals surface area contributed by atoms with Crippen molar-refractivity contribution in [2.24, 2.45) is 5.41 Å². The lowest BCUT2D eigenvalue weighted by molar-refractivity contribution is -0.385. The minimum atomic E-state index is -0.685. The van der Waals surface area contributed by atoms with E-state index in [1.165, 1.54) is 6.92 Å². The molecule has 1 rings (SSSR count). The molecular formula is C15H21FN2O4. The standard InChI is InChI=1S/C15H21FN2O4/c1-10-7-11(16)8-12(13(10)18(21)22)14(20)17-6-4-5-15(2,3)9-19/h7-8,19H,4-6,9H2,1-3H3,(H,17,20). The highest BCUT2D eigenvalue weighted by atomic mass is 19.1. The lowest BCUT2D eigenvalue weighted by atomic mass is 9.89. The molecule has 22 heavy (non-hydrogen) atoms. The number of nitrogens with one attached hydrogen (secondary N) is 1. The van der Waals surface area contributed by atoms with Crippen molar-refractivity contribution >= 4 is 11.6 Å². The Morgan fingerprint density at radius 1 is 1.45 bits per heavy atom. The molecule has 0 spiro atoms. The summed E-state index contributed by atoms with van der Waals surface area (Å²) in [7, 11) is 0. The quantitative estimate of drug-likeness (QED) is 0.460. The maximum Gasteiger partial charge on any atom is 0.285 e. The van der Waals surface area contributed by atoms with Gasteiger partial charge >= 0.3 is 0 Å². The Morgan fingerprint density at radius 3 is 2.64 bits per heavy atom. The van der Waals surface area contributed by atoms with Gasteiger partial charge in [0.05, 0.1) is 4.92 Å². The van der Waals surface area contributed by atoms with E-state index in [-0.39, 0.29) is 28.8 Å². The van der Waals surface area contributed by atoms with Crippen LogP contribution in [0.1, 0.15) is 42.6 Å². The molecule has 122 valence electrons. The summed E-state index contributed by atoms with van der Waals surface area (Å²) in [6.45, 7) is 5.53. The van der Waals surface area contributed by atoms with Crippen molar-refractivity contribution < 1.29 is 19.2 Å². The molecule has 0 heterocycles. The molecule has 0 saturated heterocycles. The van der Waals surface area contributed by atoms with Gasteiger partial charge in [0.15, 0.2) is 0 Å². The van der Waals surface area contributed by atoms with Crippen LogP contribution in [-0.2, 0) is 0 Å². The maximum atomic E-state index is 13.4. The molecule has 0 radical (unpaired) electrons. The van der Waals surface area contributed by atoms with Gasteiger partial charge in [-0.3, -0.25) is 14.9 Å². The molecule has 0 aliphatic heterocycles. The molecule has 1 amide bonds. The second kappa shape index (κ2) is 7.31. The third kappa shape index (κ3) is 4.77. The largest absolute Gasteiger partial charge is 0.396 e. The first kappa shape index (κ1) is 18.0. The lowest BCUT2D eigenvalue weighted by Gasteiger charge is -2.21. The van der Waals surface area contributed by atoms with E-state index in [9.17, 15) is 19.3 Å². The molecule has 2 N–H and O–H groups in total. The van der Waals surface area contributed by atoms with E-state index >= 15 is 0 Å². The predicted molar refractivity (Wildman–Crippen MR) is 80.2 cm³/mol. The summed E-state index contributed by atoms with van der Waals surface area (Å²) in [4.78, 5) is 22.4. The van der Waals surface area contributed by atoms with Crippen LogP contribution in [0.25, 0.3) is 0 Å². The van der Waals surface area contributed by atoms with E-state index < -0.39 is 16.6 Å². The van der Waals surface area contributed by atoms with Crippen LogP contribution in [0.5, 0.6) is 0 Å². The van der Waals surface area contributed by atoms with Gasteiger partial charge in [0, 0.05) is 18.7 Å². The van der Waals surface area contributed by atoms with E-state index in [1.807, 2.05) is 13.8 Å². The molecule has 0 aliphatic rings. The second-order valence-corrected chi connectivity index (χ2v) is 6.06. The zero-order valence-electron chi connectivity index (χ0n) is 13.0. The number of aryl methyl sites for hydroxylation is 1. The van der Waals surface area contributed by atoms with Crippen molar-refractivity contribution in [1.82, 2.24) is 5.32 Å². The van der Waals surface area contributed by atoms with Crippen molar-refractivity contribution in [1.29, 1.82) is 0 Å². The van der Waals surface area contributed by atoms with Gasteiger partial charge in [0.25, 0.3) is 11.6 Å². The summed E-state index contributed by atoms with van der Waals surface area (Å²) in [5.74, 6) is -1.36. The smallest absolute Gasteiger partial charge is 0.285 e. The van der Waals surface area contributed by atoms with Gasteiger partial charge in [0.1, 0.15) is 11.4 Å². The molecule has 0 aromatic heterocycles. The molecule has 0 atom stereocenters. The molecule has 0 fully saturated rings. The number of amides is 1. The van der Waals surface area contributed by atoms with Gasteiger partial charge in [-0.1, -0.05) is 13.8 Å². The Labute approximate surface area is 128 Å². The minimum absolute atomic E-state index is 0.0372. The number of nitro groups is 1. The number of nitro benzene ring substituents is 1. The van der Waals surface area contributed by atoms with E-state index in [4.69, 9.17) is 5.11 Å². The minimum Gasteiger partial charge on any atom is -0.396 e. The molecule has 7 heteroatoms. The number of carbonyl (C=O) groups excluding carboxylic acids is 1. The average Bonchev–Trinajstić information content (AvgIpc) is 2.42. The van der Waals surface area contributed by atoms with Crippen LogP contribution in [0.4, 0.5) is 10.1 Å². The fraction of sp³-hybridized carbons (Fsp3) is 0.533. The number of halogens is 1. The third-order valence-electron chi connectivity index (χ3n) is 3.44.